The molecular weight excluding hydrogens is 562 g/mol. The minimum Gasteiger partial charge on any atom is -0.395 e. The van der Waals surface area contributed by atoms with Crippen molar-refractivity contribution in [3.63, 3.8) is 0 Å². The maximum Gasteiger partial charge on any atom is 0.220 e. The van der Waals surface area contributed by atoms with Gasteiger partial charge in [-0.2, -0.15) is 0 Å². The van der Waals surface area contributed by atoms with E-state index in [2.05, 4.69) is 37.2 Å². The highest BCUT2D eigenvalue weighted by Gasteiger charge is 2.39. The number of hydrogen-bond donors (Lipinski definition) is 5. The molecule has 0 aromatic carbocycles. The number of amides is 1. The number of thiophene rings is 1. The Balaban J connectivity index is 1.78. The summed E-state index contributed by atoms with van der Waals surface area (Å²) >= 11 is 8.60. The molecule has 1 saturated carbocycles. The molecule has 1 aromatic rings. The predicted molar refractivity (Wildman–Crippen MR) is 135 cm³/mol. The first-order valence-corrected chi connectivity index (χ1v) is 13.4. The molecule has 1 aliphatic rings. The number of nitrogens with one attached hydrogen (secondary N) is 1. The second-order valence-electron chi connectivity index (χ2n) is 8.12. The minimum absolute atomic E-state index is 0.0573. The van der Waals surface area contributed by atoms with Gasteiger partial charge in [-0.1, -0.05) is 24.3 Å². The number of aliphatic hydroxyl groups excluding tert-OH is 4. The molecule has 6 nitrogen and oxygen atoms in total. The van der Waals surface area contributed by atoms with Gasteiger partial charge in [0.2, 0.25) is 5.91 Å². The molecule has 5 N–H and O–H groups in total. The van der Waals surface area contributed by atoms with Crippen LogP contribution >= 0.6 is 43.2 Å². The highest BCUT2D eigenvalue weighted by atomic mass is 79.9. The van der Waals surface area contributed by atoms with Gasteiger partial charge < -0.3 is 25.7 Å². The second kappa shape index (κ2) is 14.7. The van der Waals surface area contributed by atoms with Crippen molar-refractivity contribution in [3.8, 4) is 0 Å². The monoisotopic (exact) mass is 593 g/mol. The van der Waals surface area contributed by atoms with E-state index in [0.29, 0.717) is 25.7 Å². The van der Waals surface area contributed by atoms with E-state index < -0.39 is 18.3 Å². The highest BCUT2D eigenvalue weighted by Crippen LogP contribution is 2.36. The van der Waals surface area contributed by atoms with Crippen LogP contribution in [-0.2, 0) is 11.2 Å². The third-order valence-corrected chi connectivity index (χ3v) is 8.16. The summed E-state index contributed by atoms with van der Waals surface area (Å²) in [7, 11) is 0. The third-order valence-electron chi connectivity index (χ3n) is 5.69. The first-order chi connectivity index (χ1) is 15.3. The fourth-order valence-electron chi connectivity index (χ4n) is 3.94. The van der Waals surface area contributed by atoms with Crippen molar-refractivity contribution in [1.29, 1.82) is 0 Å². The zero-order chi connectivity index (χ0) is 23.5. The third kappa shape index (κ3) is 9.37. The van der Waals surface area contributed by atoms with Gasteiger partial charge in [-0.25, -0.2) is 0 Å². The van der Waals surface area contributed by atoms with Crippen molar-refractivity contribution in [2.45, 2.75) is 63.3 Å². The van der Waals surface area contributed by atoms with Crippen molar-refractivity contribution < 1.29 is 25.2 Å². The molecule has 1 aliphatic carbocycles. The molecule has 1 heterocycles. The van der Waals surface area contributed by atoms with E-state index in [1.165, 1.54) is 0 Å². The zero-order valence-corrected chi connectivity index (χ0v) is 22.0. The lowest BCUT2D eigenvalue weighted by Crippen LogP contribution is -2.25. The summed E-state index contributed by atoms with van der Waals surface area (Å²) in [6.07, 6.45) is 9.97. The molecule has 0 unspecified atom stereocenters. The lowest BCUT2D eigenvalue weighted by atomic mass is 9.89. The van der Waals surface area contributed by atoms with E-state index in [4.69, 9.17) is 5.11 Å². The van der Waals surface area contributed by atoms with Gasteiger partial charge in [0.15, 0.2) is 0 Å². The average molecular weight is 595 g/mol. The molecule has 0 radical (unpaired) electrons. The zero-order valence-electron chi connectivity index (χ0n) is 18.0. The summed E-state index contributed by atoms with van der Waals surface area (Å²) in [6.45, 7) is 0.224. The van der Waals surface area contributed by atoms with E-state index in [1.54, 1.807) is 17.4 Å². The molecule has 180 valence electrons. The van der Waals surface area contributed by atoms with Crippen LogP contribution in [0.4, 0.5) is 0 Å². The van der Waals surface area contributed by atoms with Crippen LogP contribution in [0.5, 0.6) is 0 Å². The van der Waals surface area contributed by atoms with E-state index >= 15 is 0 Å². The molecule has 2 rings (SSSR count). The van der Waals surface area contributed by atoms with Gasteiger partial charge in [-0.05, 0) is 81.5 Å². The summed E-state index contributed by atoms with van der Waals surface area (Å²) in [5.41, 5.74) is 1.15. The number of carbonyl (C=O) groups excluding carboxylic acids is 1. The molecule has 0 saturated heterocycles. The molecule has 9 heteroatoms. The molecule has 1 aromatic heterocycles. The molecule has 0 aliphatic heterocycles. The highest BCUT2D eigenvalue weighted by molar-refractivity contribution is 9.12. The number of allylic oxidation sites excluding steroid dienone is 2. The molecule has 32 heavy (non-hydrogen) atoms. The van der Waals surface area contributed by atoms with Gasteiger partial charge in [-0.15, -0.1) is 11.3 Å². The number of aryl methyl sites for hydroxylation is 1. The van der Waals surface area contributed by atoms with Crippen LogP contribution in [0.3, 0.4) is 0 Å². The summed E-state index contributed by atoms with van der Waals surface area (Å²) < 4.78 is 2.11. The molecular formula is C23H33Br2NO5S. The number of hydrogen-bond acceptors (Lipinski definition) is 6. The van der Waals surface area contributed by atoms with Crippen LogP contribution in [0.15, 0.2) is 37.9 Å². The smallest absolute Gasteiger partial charge is 0.220 e. The number of rotatable bonds is 13. The Bertz CT molecular complexity index is 770. The van der Waals surface area contributed by atoms with E-state index in [-0.39, 0.29) is 30.9 Å². The average Bonchev–Trinajstić information content (AvgIpc) is 3.21. The van der Waals surface area contributed by atoms with Gasteiger partial charge in [0.25, 0.3) is 0 Å². The fourth-order valence-corrected chi connectivity index (χ4v) is 6.86. The van der Waals surface area contributed by atoms with Gasteiger partial charge >= 0.3 is 0 Å². The summed E-state index contributed by atoms with van der Waals surface area (Å²) in [5, 5.41) is 42.4. The second-order valence-corrected chi connectivity index (χ2v) is 11.9. The van der Waals surface area contributed by atoms with E-state index in [1.807, 2.05) is 24.3 Å². The molecule has 1 amide bonds. The van der Waals surface area contributed by atoms with Gasteiger partial charge in [0.05, 0.1) is 32.5 Å². The van der Waals surface area contributed by atoms with Gasteiger partial charge in [0, 0.05) is 25.3 Å². The maximum absolute atomic E-state index is 11.5. The first-order valence-electron chi connectivity index (χ1n) is 11.0. The topological polar surface area (TPSA) is 110 Å². The Labute approximate surface area is 210 Å². The van der Waals surface area contributed by atoms with E-state index in [0.717, 1.165) is 32.4 Å². The SMILES string of the molecule is O=C(CCC/C=C/C[C@@H]1[C@@H](/C=C/[C@@H](O)CCc2cc(Br)sc2Br)[C@H](O)C[C@@H]1O)NCCO. The van der Waals surface area contributed by atoms with Gasteiger partial charge in [0.1, 0.15) is 0 Å². The summed E-state index contributed by atoms with van der Waals surface area (Å²) in [4.78, 5) is 11.5. The lowest BCUT2D eigenvalue weighted by Gasteiger charge is -2.19. The minimum atomic E-state index is -0.621. The number of carbonyl (C=O) groups is 1. The molecule has 5 atom stereocenters. The summed E-state index contributed by atoms with van der Waals surface area (Å²) in [5.74, 6) is -0.361. The van der Waals surface area contributed by atoms with Crippen molar-refractivity contribution in [1.82, 2.24) is 5.32 Å². The standard InChI is InChI=1S/C23H33Br2NO5S/c24-21-13-15(23(25)32-21)7-8-16(28)9-10-18-17(19(29)14-20(18)30)5-3-1-2-4-6-22(31)26-11-12-27/h1,3,9-10,13,16-20,27-30H,2,4-8,11-12,14H2,(H,26,31)/b3-1+,10-9+/t16-,17+,18+,19-,20+/m0/s1. The van der Waals surface area contributed by atoms with Crippen LogP contribution < -0.4 is 5.32 Å². The number of aliphatic hydroxyl groups is 4. The molecule has 1 fully saturated rings. The molecule has 0 bridgehead atoms. The quantitative estimate of drug-likeness (QED) is 0.177. The Hall–Kier alpha value is -0.550. The van der Waals surface area contributed by atoms with Crippen molar-refractivity contribution in [3.05, 3.63) is 43.5 Å². The lowest BCUT2D eigenvalue weighted by molar-refractivity contribution is -0.121. The first kappa shape index (κ1) is 27.7. The van der Waals surface area contributed by atoms with Crippen LogP contribution in [-0.4, -0.2) is 57.8 Å². The normalized spacial score (nSPS) is 24.6. The fraction of sp³-hybridized carbons (Fsp3) is 0.609. The van der Waals surface area contributed by atoms with Crippen LogP contribution in [0.2, 0.25) is 0 Å². The van der Waals surface area contributed by atoms with Crippen LogP contribution in [0, 0.1) is 11.8 Å². The van der Waals surface area contributed by atoms with Crippen LogP contribution in [0.25, 0.3) is 0 Å². The largest absolute Gasteiger partial charge is 0.395 e. The van der Waals surface area contributed by atoms with Crippen molar-refractivity contribution in [2.24, 2.45) is 11.8 Å². The predicted octanol–water partition coefficient (Wildman–Crippen LogP) is 3.71. The maximum atomic E-state index is 11.5. The van der Waals surface area contributed by atoms with Crippen molar-refractivity contribution >= 4 is 49.1 Å². The number of halogens is 2. The summed E-state index contributed by atoms with van der Waals surface area (Å²) in [6, 6.07) is 2.05. The van der Waals surface area contributed by atoms with Gasteiger partial charge in [-0.3, -0.25) is 4.79 Å². The van der Waals surface area contributed by atoms with Crippen molar-refractivity contribution in [2.75, 3.05) is 13.2 Å². The molecule has 0 spiro atoms. The Kier molecular flexibility index (Phi) is 12.7. The Morgan fingerprint density at radius 3 is 2.75 bits per heavy atom. The Morgan fingerprint density at radius 1 is 1.28 bits per heavy atom. The van der Waals surface area contributed by atoms with Crippen LogP contribution in [0.1, 0.15) is 44.1 Å². The Morgan fingerprint density at radius 2 is 2.06 bits per heavy atom. The number of unbranched alkanes of at least 4 members (excludes halogenated alkanes) is 1. The van der Waals surface area contributed by atoms with E-state index in [9.17, 15) is 20.1 Å².